The summed E-state index contributed by atoms with van der Waals surface area (Å²) in [5, 5.41) is 0. The molecule has 3 rings (SSSR count). The van der Waals surface area contributed by atoms with Crippen LogP contribution < -0.4 is 9.64 Å². The van der Waals surface area contributed by atoms with E-state index < -0.39 is 0 Å². The van der Waals surface area contributed by atoms with Crippen LogP contribution in [0.3, 0.4) is 0 Å². The van der Waals surface area contributed by atoms with E-state index in [1.165, 1.54) is 70.3 Å². The quantitative estimate of drug-likeness (QED) is 0.706. The summed E-state index contributed by atoms with van der Waals surface area (Å²) < 4.78 is 5.36. The molecule has 2 fully saturated rings. The highest BCUT2D eigenvalue weighted by Crippen LogP contribution is 2.33. The summed E-state index contributed by atoms with van der Waals surface area (Å²) in [5.41, 5.74) is 1.30. The Morgan fingerprint density at radius 3 is 2.28 bits per heavy atom. The number of ether oxygens (including phenoxy) is 1. The van der Waals surface area contributed by atoms with Crippen LogP contribution in [0.1, 0.15) is 51.9 Å². The van der Waals surface area contributed by atoms with Gasteiger partial charge < -0.3 is 9.64 Å². The lowest BCUT2D eigenvalue weighted by molar-refractivity contribution is 0.200. The van der Waals surface area contributed by atoms with Crippen LogP contribution >= 0.6 is 0 Å². The minimum atomic E-state index is 0.957. The molecule has 1 saturated carbocycles. The second-order valence-electron chi connectivity index (χ2n) is 7.99. The highest BCUT2D eigenvalue weighted by molar-refractivity contribution is 5.51. The van der Waals surface area contributed by atoms with Gasteiger partial charge in [0.1, 0.15) is 5.75 Å². The fourth-order valence-corrected chi connectivity index (χ4v) is 4.62. The van der Waals surface area contributed by atoms with Crippen LogP contribution in [-0.2, 0) is 0 Å². The zero-order valence-electron chi connectivity index (χ0n) is 16.3. The van der Waals surface area contributed by atoms with E-state index in [1.54, 1.807) is 7.11 Å². The fraction of sp³-hybridized carbons (Fsp3) is 0.727. The molecule has 2 aliphatic rings. The lowest BCUT2D eigenvalue weighted by Crippen LogP contribution is -2.46. The third-order valence-corrected chi connectivity index (χ3v) is 6.31. The SMILES string of the molecule is CCC[C@H]1CC[C@H](CCN2CCN(c3cccc(OC)c3)CC2)CC1. The van der Waals surface area contributed by atoms with Crippen molar-refractivity contribution in [3.05, 3.63) is 24.3 Å². The average Bonchev–Trinajstić information content (AvgIpc) is 2.68. The largest absolute Gasteiger partial charge is 0.497 e. The normalized spacial score (nSPS) is 25.1. The van der Waals surface area contributed by atoms with Gasteiger partial charge in [0.25, 0.3) is 0 Å². The molecule has 1 saturated heterocycles. The lowest BCUT2D eigenvalue weighted by Gasteiger charge is -2.37. The Bertz CT molecular complexity index is 503. The lowest BCUT2D eigenvalue weighted by atomic mass is 9.79. The predicted molar refractivity (Wildman–Crippen MR) is 107 cm³/mol. The zero-order valence-corrected chi connectivity index (χ0v) is 16.3. The molecule has 0 amide bonds. The first kappa shape index (κ1) is 18.6. The molecule has 0 bridgehead atoms. The molecule has 0 spiro atoms. The van der Waals surface area contributed by atoms with Crippen molar-refractivity contribution in [1.82, 2.24) is 4.90 Å². The molecule has 0 atom stereocenters. The summed E-state index contributed by atoms with van der Waals surface area (Å²) in [6.07, 6.45) is 10.2. The third-order valence-electron chi connectivity index (χ3n) is 6.31. The molecule has 0 radical (unpaired) electrons. The van der Waals surface area contributed by atoms with Gasteiger partial charge in [0, 0.05) is 37.9 Å². The van der Waals surface area contributed by atoms with Gasteiger partial charge >= 0.3 is 0 Å². The van der Waals surface area contributed by atoms with Crippen molar-refractivity contribution in [2.75, 3.05) is 44.7 Å². The number of benzene rings is 1. The summed E-state index contributed by atoms with van der Waals surface area (Å²) in [7, 11) is 1.74. The molecule has 1 heterocycles. The molecule has 1 aromatic carbocycles. The first-order chi connectivity index (χ1) is 12.3. The Kier molecular flexibility index (Phi) is 7.03. The van der Waals surface area contributed by atoms with Gasteiger partial charge in [-0.3, -0.25) is 4.90 Å². The summed E-state index contributed by atoms with van der Waals surface area (Å²) in [5.74, 6) is 2.98. The Balaban J connectivity index is 1.37. The average molecular weight is 345 g/mol. The van der Waals surface area contributed by atoms with E-state index in [0.29, 0.717) is 0 Å². The van der Waals surface area contributed by atoms with Crippen LogP contribution in [0.25, 0.3) is 0 Å². The van der Waals surface area contributed by atoms with E-state index in [9.17, 15) is 0 Å². The van der Waals surface area contributed by atoms with E-state index in [4.69, 9.17) is 4.74 Å². The number of rotatable bonds is 7. The van der Waals surface area contributed by atoms with E-state index in [0.717, 1.165) is 30.7 Å². The Labute approximate surface area is 154 Å². The molecular weight excluding hydrogens is 308 g/mol. The number of methoxy groups -OCH3 is 1. The number of hydrogen-bond donors (Lipinski definition) is 0. The number of hydrogen-bond acceptors (Lipinski definition) is 3. The Morgan fingerprint density at radius 1 is 0.960 bits per heavy atom. The maximum absolute atomic E-state index is 5.36. The van der Waals surface area contributed by atoms with Crippen molar-refractivity contribution in [3.63, 3.8) is 0 Å². The minimum Gasteiger partial charge on any atom is -0.497 e. The van der Waals surface area contributed by atoms with Gasteiger partial charge in [0.15, 0.2) is 0 Å². The second kappa shape index (κ2) is 9.47. The summed E-state index contributed by atoms with van der Waals surface area (Å²) in [4.78, 5) is 5.17. The summed E-state index contributed by atoms with van der Waals surface area (Å²) >= 11 is 0. The molecule has 3 heteroatoms. The summed E-state index contributed by atoms with van der Waals surface area (Å²) in [6, 6.07) is 8.47. The third kappa shape index (κ3) is 5.37. The van der Waals surface area contributed by atoms with Crippen molar-refractivity contribution in [1.29, 1.82) is 0 Å². The smallest absolute Gasteiger partial charge is 0.120 e. The fourth-order valence-electron chi connectivity index (χ4n) is 4.62. The zero-order chi connectivity index (χ0) is 17.5. The van der Waals surface area contributed by atoms with Crippen molar-refractivity contribution in [3.8, 4) is 5.75 Å². The number of anilines is 1. The van der Waals surface area contributed by atoms with E-state index in [2.05, 4.69) is 34.9 Å². The molecule has 1 aliphatic heterocycles. The molecule has 0 N–H and O–H groups in total. The monoisotopic (exact) mass is 344 g/mol. The molecule has 1 aromatic rings. The van der Waals surface area contributed by atoms with Gasteiger partial charge in [-0.1, -0.05) is 51.5 Å². The Hall–Kier alpha value is -1.22. The van der Waals surface area contributed by atoms with Crippen molar-refractivity contribution >= 4 is 5.69 Å². The molecule has 3 nitrogen and oxygen atoms in total. The Morgan fingerprint density at radius 2 is 1.64 bits per heavy atom. The van der Waals surface area contributed by atoms with Gasteiger partial charge in [0.05, 0.1) is 7.11 Å². The van der Waals surface area contributed by atoms with Crippen LogP contribution in [-0.4, -0.2) is 44.7 Å². The number of nitrogens with zero attached hydrogens (tertiary/aromatic N) is 2. The van der Waals surface area contributed by atoms with Crippen LogP contribution in [0, 0.1) is 11.8 Å². The highest BCUT2D eigenvalue weighted by atomic mass is 16.5. The molecule has 0 unspecified atom stereocenters. The maximum Gasteiger partial charge on any atom is 0.120 e. The number of piperazine rings is 1. The van der Waals surface area contributed by atoms with Crippen LogP contribution in [0.15, 0.2) is 24.3 Å². The maximum atomic E-state index is 5.36. The van der Waals surface area contributed by atoms with Gasteiger partial charge in [-0.15, -0.1) is 0 Å². The second-order valence-corrected chi connectivity index (χ2v) is 7.99. The van der Waals surface area contributed by atoms with Crippen LogP contribution in [0.2, 0.25) is 0 Å². The highest BCUT2D eigenvalue weighted by Gasteiger charge is 2.22. The van der Waals surface area contributed by atoms with E-state index in [1.807, 2.05) is 6.07 Å². The topological polar surface area (TPSA) is 15.7 Å². The van der Waals surface area contributed by atoms with E-state index in [-0.39, 0.29) is 0 Å². The van der Waals surface area contributed by atoms with Gasteiger partial charge in [-0.25, -0.2) is 0 Å². The van der Waals surface area contributed by atoms with Crippen molar-refractivity contribution in [2.24, 2.45) is 11.8 Å². The summed E-state index contributed by atoms with van der Waals surface area (Å²) in [6.45, 7) is 8.30. The molecule has 140 valence electrons. The van der Waals surface area contributed by atoms with Crippen LogP contribution in [0.4, 0.5) is 5.69 Å². The first-order valence-electron chi connectivity index (χ1n) is 10.4. The molecule has 0 aromatic heterocycles. The standard InChI is InChI=1S/C22H36N2O/c1-3-5-19-8-10-20(11-9-19)12-13-23-14-16-24(17-15-23)21-6-4-7-22(18-21)25-2/h4,6-7,18-20H,3,5,8-17H2,1-2H3/t19-,20-. The minimum absolute atomic E-state index is 0.957. The predicted octanol–water partition coefficient (Wildman–Crippen LogP) is 4.81. The van der Waals surface area contributed by atoms with Crippen molar-refractivity contribution < 1.29 is 4.74 Å². The van der Waals surface area contributed by atoms with Crippen molar-refractivity contribution in [2.45, 2.75) is 51.9 Å². The molecule has 25 heavy (non-hydrogen) atoms. The van der Waals surface area contributed by atoms with E-state index >= 15 is 0 Å². The first-order valence-corrected chi connectivity index (χ1v) is 10.4. The van der Waals surface area contributed by atoms with Gasteiger partial charge in [-0.05, 0) is 36.9 Å². The van der Waals surface area contributed by atoms with Gasteiger partial charge in [-0.2, -0.15) is 0 Å². The molecular formula is C22H36N2O. The van der Waals surface area contributed by atoms with Gasteiger partial charge in [0.2, 0.25) is 0 Å². The molecule has 1 aliphatic carbocycles. The van der Waals surface area contributed by atoms with Crippen LogP contribution in [0.5, 0.6) is 5.75 Å².